The zero-order chi connectivity index (χ0) is 9.90. The third-order valence-electron chi connectivity index (χ3n) is 1.19. The molecule has 1 heterocycles. The van der Waals surface area contributed by atoms with E-state index in [9.17, 15) is 8.42 Å². The van der Waals surface area contributed by atoms with Gasteiger partial charge in [-0.2, -0.15) is 0 Å². The molecule has 0 aliphatic carbocycles. The summed E-state index contributed by atoms with van der Waals surface area (Å²) in [7, 11) is -3.57. The minimum absolute atomic E-state index is 0.108. The molecule has 0 amide bonds. The normalized spacial score (nSPS) is 11.1. The van der Waals surface area contributed by atoms with E-state index in [1.165, 1.54) is 18.5 Å². The van der Waals surface area contributed by atoms with Crippen molar-refractivity contribution in [3.05, 3.63) is 18.5 Å². The van der Waals surface area contributed by atoms with E-state index in [1.54, 1.807) is 0 Å². The molecule has 0 radical (unpaired) electrons. The van der Waals surface area contributed by atoms with Gasteiger partial charge in [-0.05, 0) is 18.3 Å². The van der Waals surface area contributed by atoms with E-state index in [-0.39, 0.29) is 10.0 Å². The molecule has 0 aliphatic rings. The molecule has 6 nitrogen and oxygen atoms in total. The van der Waals surface area contributed by atoms with Crippen molar-refractivity contribution in [3.63, 3.8) is 0 Å². The monoisotopic (exact) mass is 220 g/mol. The lowest BCUT2D eigenvalue weighted by Crippen LogP contribution is -2.44. The van der Waals surface area contributed by atoms with Crippen molar-refractivity contribution < 1.29 is 8.42 Å². The fourth-order valence-corrected chi connectivity index (χ4v) is 1.60. The first-order valence-electron chi connectivity index (χ1n) is 3.22. The second-order valence-electron chi connectivity index (χ2n) is 2.14. The number of H-pyrrole nitrogens is 1. The van der Waals surface area contributed by atoms with Crippen LogP contribution in [0.1, 0.15) is 0 Å². The molecule has 0 saturated carbocycles. The molecule has 0 spiro atoms. The van der Waals surface area contributed by atoms with Crippen LogP contribution in [0.4, 0.5) is 0 Å². The van der Waals surface area contributed by atoms with Crippen molar-refractivity contribution in [2.24, 2.45) is 5.73 Å². The zero-order valence-electron chi connectivity index (χ0n) is 6.44. The number of sulfonamides is 1. The van der Waals surface area contributed by atoms with E-state index in [1.807, 2.05) is 4.83 Å². The number of thiocarbonyl (C=S) groups is 1. The van der Waals surface area contributed by atoms with Crippen LogP contribution in [0.25, 0.3) is 0 Å². The van der Waals surface area contributed by atoms with E-state index >= 15 is 0 Å². The van der Waals surface area contributed by atoms with Crippen LogP contribution in [0.15, 0.2) is 23.4 Å². The minimum atomic E-state index is -3.57. The van der Waals surface area contributed by atoms with Crippen molar-refractivity contribution in [3.8, 4) is 0 Å². The summed E-state index contributed by atoms with van der Waals surface area (Å²) in [5.41, 5.74) is 7.17. The van der Waals surface area contributed by atoms with Gasteiger partial charge in [0.1, 0.15) is 4.90 Å². The van der Waals surface area contributed by atoms with Crippen LogP contribution in [0, 0.1) is 0 Å². The third-order valence-corrected chi connectivity index (χ3v) is 2.54. The van der Waals surface area contributed by atoms with Gasteiger partial charge >= 0.3 is 0 Å². The molecule has 1 aromatic heterocycles. The topological polar surface area (TPSA) is 100 Å². The zero-order valence-corrected chi connectivity index (χ0v) is 8.08. The SMILES string of the molecule is NC(=S)NNS(=O)(=O)c1cc[nH]c1. The maximum absolute atomic E-state index is 11.3. The van der Waals surface area contributed by atoms with Crippen LogP contribution in [-0.2, 0) is 10.0 Å². The number of aromatic nitrogens is 1. The maximum atomic E-state index is 11.3. The minimum Gasteiger partial charge on any atom is -0.375 e. The number of aromatic amines is 1. The van der Waals surface area contributed by atoms with E-state index in [0.717, 1.165) is 0 Å². The van der Waals surface area contributed by atoms with Crippen LogP contribution < -0.4 is 16.0 Å². The quantitative estimate of drug-likeness (QED) is 0.388. The Morgan fingerprint density at radius 2 is 2.31 bits per heavy atom. The second kappa shape index (κ2) is 3.73. The van der Waals surface area contributed by atoms with Crippen LogP contribution in [-0.4, -0.2) is 18.5 Å². The molecule has 5 N–H and O–H groups in total. The Hall–Kier alpha value is -1.12. The Bertz CT molecular complexity index is 383. The first kappa shape index (κ1) is 9.96. The number of hydrogen-bond acceptors (Lipinski definition) is 3. The number of hydrazine groups is 1. The lowest BCUT2D eigenvalue weighted by molar-refractivity contribution is 0.577. The van der Waals surface area contributed by atoms with Gasteiger partial charge in [-0.3, -0.25) is 5.43 Å². The van der Waals surface area contributed by atoms with E-state index in [0.29, 0.717) is 0 Å². The summed E-state index contributed by atoms with van der Waals surface area (Å²) in [6, 6.07) is 1.41. The number of nitrogens with two attached hydrogens (primary N) is 1. The Morgan fingerprint density at radius 3 is 2.77 bits per heavy atom. The van der Waals surface area contributed by atoms with Gasteiger partial charge < -0.3 is 10.7 Å². The number of rotatable bonds is 3. The van der Waals surface area contributed by atoms with E-state index in [2.05, 4.69) is 22.6 Å². The highest BCUT2D eigenvalue weighted by Crippen LogP contribution is 2.04. The van der Waals surface area contributed by atoms with Gasteiger partial charge in [0, 0.05) is 12.4 Å². The fraction of sp³-hybridized carbons (Fsp3) is 0. The number of hydrogen-bond donors (Lipinski definition) is 4. The molecule has 0 aliphatic heterocycles. The van der Waals surface area contributed by atoms with Gasteiger partial charge in [0.15, 0.2) is 5.11 Å². The van der Waals surface area contributed by atoms with Gasteiger partial charge in [0.2, 0.25) is 0 Å². The van der Waals surface area contributed by atoms with Crippen LogP contribution >= 0.6 is 12.2 Å². The molecular weight excluding hydrogens is 212 g/mol. The van der Waals surface area contributed by atoms with Crippen LogP contribution in [0.3, 0.4) is 0 Å². The van der Waals surface area contributed by atoms with Gasteiger partial charge in [0.05, 0.1) is 0 Å². The highest BCUT2D eigenvalue weighted by atomic mass is 32.2. The summed E-state index contributed by atoms with van der Waals surface area (Å²) in [4.78, 5) is 4.72. The highest BCUT2D eigenvalue weighted by molar-refractivity contribution is 7.89. The smallest absolute Gasteiger partial charge is 0.258 e. The molecule has 1 rings (SSSR count). The van der Waals surface area contributed by atoms with E-state index in [4.69, 9.17) is 5.73 Å². The molecule has 0 unspecified atom stereocenters. The predicted octanol–water partition coefficient (Wildman–Crippen LogP) is -0.959. The average Bonchev–Trinajstić information content (AvgIpc) is 2.53. The number of nitrogens with one attached hydrogen (secondary N) is 3. The molecule has 72 valence electrons. The molecule has 0 fully saturated rings. The summed E-state index contributed by atoms with van der Waals surface area (Å²) in [6.07, 6.45) is 2.83. The van der Waals surface area contributed by atoms with Crippen molar-refractivity contribution in [2.75, 3.05) is 0 Å². The fourth-order valence-electron chi connectivity index (χ4n) is 0.652. The maximum Gasteiger partial charge on any atom is 0.258 e. The predicted molar refractivity (Wildman–Crippen MR) is 51.0 cm³/mol. The summed E-state index contributed by atoms with van der Waals surface area (Å²) < 4.78 is 22.6. The largest absolute Gasteiger partial charge is 0.375 e. The van der Waals surface area contributed by atoms with Crippen LogP contribution in [0.5, 0.6) is 0 Å². The molecule has 0 saturated heterocycles. The first-order valence-corrected chi connectivity index (χ1v) is 5.11. The molecule has 0 atom stereocenters. The lowest BCUT2D eigenvalue weighted by atomic mass is 10.7. The first-order chi connectivity index (χ1) is 6.02. The van der Waals surface area contributed by atoms with Crippen molar-refractivity contribution >= 4 is 27.4 Å². The lowest BCUT2D eigenvalue weighted by Gasteiger charge is -2.04. The van der Waals surface area contributed by atoms with Gasteiger partial charge in [-0.1, -0.05) is 0 Å². The Labute approximate surface area is 80.5 Å². The van der Waals surface area contributed by atoms with Gasteiger partial charge in [0.25, 0.3) is 10.0 Å². The summed E-state index contributed by atoms with van der Waals surface area (Å²) in [5.74, 6) is 0. The van der Waals surface area contributed by atoms with Crippen LogP contribution in [0.2, 0.25) is 0 Å². The van der Waals surface area contributed by atoms with E-state index < -0.39 is 10.0 Å². The summed E-state index contributed by atoms with van der Waals surface area (Å²) in [6.45, 7) is 0. The molecule has 0 aromatic carbocycles. The molecule has 13 heavy (non-hydrogen) atoms. The van der Waals surface area contributed by atoms with Crippen molar-refractivity contribution in [1.82, 2.24) is 15.2 Å². The molecule has 8 heteroatoms. The standard InChI is InChI=1S/C5H8N4O2S2/c6-5(12)8-9-13(10,11)4-1-2-7-3-4/h1-3,7,9H,(H3,6,8,12). The summed E-state index contributed by atoms with van der Waals surface area (Å²) >= 11 is 4.42. The molecule has 0 bridgehead atoms. The Kier molecular flexibility index (Phi) is 2.86. The third kappa shape index (κ3) is 2.68. The van der Waals surface area contributed by atoms with Gasteiger partial charge in [-0.25, -0.2) is 8.42 Å². The van der Waals surface area contributed by atoms with Crippen molar-refractivity contribution in [1.29, 1.82) is 0 Å². The van der Waals surface area contributed by atoms with Crippen molar-refractivity contribution in [2.45, 2.75) is 4.90 Å². The average molecular weight is 220 g/mol. The Morgan fingerprint density at radius 1 is 1.62 bits per heavy atom. The Balaban J connectivity index is 2.74. The highest BCUT2D eigenvalue weighted by Gasteiger charge is 2.13. The molecule has 1 aromatic rings. The summed E-state index contributed by atoms with van der Waals surface area (Å²) in [5, 5.41) is -0.140. The second-order valence-corrected chi connectivity index (χ2v) is 4.26. The molecular formula is C5H8N4O2S2. The van der Waals surface area contributed by atoms with Gasteiger partial charge in [-0.15, -0.1) is 4.83 Å².